The molecular formula is C24H23ClN2O5. The smallest absolute Gasteiger partial charge is 0.327 e. The molecule has 8 heteroatoms. The molecule has 2 amide bonds. The van der Waals surface area contributed by atoms with E-state index in [9.17, 15) is 24.6 Å². The number of hydrogen-bond acceptors (Lipinski definition) is 5. The van der Waals surface area contributed by atoms with Gasteiger partial charge in [0.2, 0.25) is 11.8 Å². The molecule has 32 heavy (non-hydrogen) atoms. The number of nitrogens with one attached hydrogen (secondary N) is 1. The minimum atomic E-state index is -2.01. The molecule has 3 N–H and O–H groups in total. The fourth-order valence-corrected chi connectivity index (χ4v) is 4.84. The zero-order chi connectivity index (χ0) is 23.2. The predicted octanol–water partition coefficient (Wildman–Crippen LogP) is 2.64. The zero-order valence-electron chi connectivity index (χ0n) is 17.5. The van der Waals surface area contributed by atoms with Gasteiger partial charge in [-0.15, -0.1) is 0 Å². The molecule has 2 fully saturated rings. The Labute approximate surface area is 190 Å². The molecule has 7 nitrogen and oxygen atoms in total. The van der Waals surface area contributed by atoms with Gasteiger partial charge in [0.15, 0.2) is 5.54 Å². The summed E-state index contributed by atoms with van der Waals surface area (Å²) in [6.07, 6.45) is 2.01. The molecule has 2 aliphatic rings. The van der Waals surface area contributed by atoms with Crippen molar-refractivity contribution in [1.82, 2.24) is 5.32 Å². The number of carboxylic acids is 1. The van der Waals surface area contributed by atoms with E-state index in [1.165, 1.54) is 13.0 Å². The molecule has 0 aromatic heterocycles. The quantitative estimate of drug-likeness (QED) is 0.599. The van der Waals surface area contributed by atoms with Crippen LogP contribution in [0.5, 0.6) is 0 Å². The predicted molar refractivity (Wildman–Crippen MR) is 120 cm³/mol. The third-order valence-corrected chi connectivity index (χ3v) is 6.76. The summed E-state index contributed by atoms with van der Waals surface area (Å²) in [5.41, 5.74) is -0.0916. The normalized spacial score (nSPS) is 28.4. The maximum atomic E-state index is 13.5. The number of imide groups is 1. The highest BCUT2D eigenvalue weighted by Crippen LogP contribution is 2.46. The zero-order valence-corrected chi connectivity index (χ0v) is 18.3. The summed E-state index contributed by atoms with van der Waals surface area (Å²) in [5, 5.41) is 23.9. The van der Waals surface area contributed by atoms with Crippen LogP contribution < -0.4 is 10.2 Å². The summed E-state index contributed by atoms with van der Waals surface area (Å²) in [5.74, 6) is -4.86. The third kappa shape index (κ3) is 3.33. The second kappa shape index (κ2) is 8.16. The van der Waals surface area contributed by atoms with Gasteiger partial charge in [0.25, 0.3) is 0 Å². The Balaban J connectivity index is 1.80. The Hall–Kier alpha value is -3.00. The number of fused-ring (bicyclic) bond motifs is 1. The minimum Gasteiger partial charge on any atom is -0.480 e. The lowest BCUT2D eigenvalue weighted by molar-refractivity contribution is -0.154. The highest BCUT2D eigenvalue weighted by Gasteiger charge is 2.69. The number of nitrogens with zero attached hydrogens (tertiary/aromatic N) is 1. The molecule has 0 bridgehead atoms. The van der Waals surface area contributed by atoms with Gasteiger partial charge < -0.3 is 10.2 Å². The molecule has 0 spiro atoms. The number of rotatable bonds is 5. The van der Waals surface area contributed by atoms with Crippen LogP contribution in [0.2, 0.25) is 5.02 Å². The van der Waals surface area contributed by atoms with E-state index in [0.29, 0.717) is 5.02 Å². The lowest BCUT2D eigenvalue weighted by atomic mass is 9.77. The van der Waals surface area contributed by atoms with E-state index in [0.717, 1.165) is 16.0 Å². The minimum absolute atomic E-state index is 0.278. The molecule has 2 aromatic rings. The van der Waals surface area contributed by atoms with Gasteiger partial charge in [-0.3, -0.25) is 19.7 Å². The fraction of sp³-hybridized carbons (Fsp3) is 0.292. The molecule has 2 heterocycles. The molecular weight excluding hydrogens is 432 g/mol. The van der Waals surface area contributed by atoms with Gasteiger partial charge in [0.05, 0.1) is 23.6 Å². The van der Waals surface area contributed by atoms with Gasteiger partial charge in [0.1, 0.15) is 0 Å². The van der Waals surface area contributed by atoms with Gasteiger partial charge >= 0.3 is 5.97 Å². The van der Waals surface area contributed by atoms with Gasteiger partial charge in [0, 0.05) is 11.1 Å². The first-order chi connectivity index (χ1) is 15.2. The van der Waals surface area contributed by atoms with Crippen LogP contribution in [-0.4, -0.2) is 45.7 Å². The van der Waals surface area contributed by atoms with Crippen LogP contribution in [0.15, 0.2) is 54.6 Å². The van der Waals surface area contributed by atoms with Crippen LogP contribution in [0.25, 0.3) is 6.08 Å². The molecule has 5 atom stereocenters. The van der Waals surface area contributed by atoms with Crippen LogP contribution in [0, 0.1) is 18.8 Å². The second-order valence-electron chi connectivity index (χ2n) is 8.24. The summed E-state index contributed by atoms with van der Waals surface area (Å²) in [6.45, 7) is 3.11. The van der Waals surface area contributed by atoms with Crippen LogP contribution >= 0.6 is 11.6 Å². The van der Waals surface area contributed by atoms with E-state index in [2.05, 4.69) is 5.32 Å². The number of aryl methyl sites for hydroxylation is 1. The summed E-state index contributed by atoms with van der Waals surface area (Å²) < 4.78 is 0. The van der Waals surface area contributed by atoms with E-state index < -0.39 is 47.3 Å². The van der Waals surface area contributed by atoms with Crippen molar-refractivity contribution < 1.29 is 24.6 Å². The Morgan fingerprint density at radius 2 is 1.88 bits per heavy atom. The Kier molecular flexibility index (Phi) is 5.67. The lowest BCUT2D eigenvalue weighted by Crippen LogP contribution is -2.63. The number of aliphatic hydroxyl groups excluding tert-OH is 1. The third-order valence-electron chi connectivity index (χ3n) is 6.36. The van der Waals surface area contributed by atoms with Crippen molar-refractivity contribution in [2.45, 2.75) is 31.5 Å². The number of carbonyl (C=O) groups excluding carboxylic acids is 2. The maximum absolute atomic E-state index is 13.5. The Bertz CT molecular complexity index is 1120. The SMILES string of the molecule is Cc1ccc(N2C(=O)C3C(/C=C/c4ccccc4)NC(C(=O)O)(C(C)O)C3C2=O)cc1Cl. The van der Waals surface area contributed by atoms with Crippen molar-refractivity contribution in [1.29, 1.82) is 0 Å². The van der Waals surface area contributed by atoms with E-state index in [-0.39, 0.29) is 5.69 Å². The first-order valence-electron chi connectivity index (χ1n) is 10.2. The first-order valence-corrected chi connectivity index (χ1v) is 10.6. The number of aliphatic carboxylic acids is 1. The van der Waals surface area contributed by atoms with E-state index in [4.69, 9.17) is 11.6 Å². The maximum Gasteiger partial charge on any atom is 0.327 e. The van der Waals surface area contributed by atoms with Gasteiger partial charge in [-0.1, -0.05) is 60.2 Å². The number of carboxylic acid groups (broad SMARTS) is 1. The highest BCUT2D eigenvalue weighted by molar-refractivity contribution is 6.32. The molecule has 2 aromatic carbocycles. The standard InChI is InChI=1S/C24H23ClN2O5/c1-13-8-10-16(12-17(13)25)27-21(29)19-18(11-9-15-6-4-3-5-7-15)26-24(14(2)28,23(31)32)20(19)22(27)30/h3-12,14,18-20,26,28H,1-2H3,(H,31,32)/b11-9+. The van der Waals surface area contributed by atoms with E-state index in [1.54, 1.807) is 31.2 Å². The number of amides is 2. The summed E-state index contributed by atoms with van der Waals surface area (Å²) in [7, 11) is 0. The second-order valence-corrected chi connectivity index (χ2v) is 8.65. The van der Waals surface area contributed by atoms with Crippen molar-refractivity contribution >= 4 is 41.1 Å². The number of carbonyl (C=O) groups is 3. The van der Waals surface area contributed by atoms with Gasteiger partial charge in [-0.2, -0.15) is 0 Å². The lowest BCUT2D eigenvalue weighted by Gasteiger charge is -2.33. The Morgan fingerprint density at radius 3 is 2.47 bits per heavy atom. The van der Waals surface area contributed by atoms with Gasteiger partial charge in [-0.25, -0.2) is 4.90 Å². The van der Waals surface area contributed by atoms with Crippen molar-refractivity contribution in [2.75, 3.05) is 4.90 Å². The van der Waals surface area contributed by atoms with E-state index in [1.807, 2.05) is 30.3 Å². The van der Waals surface area contributed by atoms with Crippen LogP contribution in [0.4, 0.5) is 5.69 Å². The average molecular weight is 455 g/mol. The molecule has 2 saturated heterocycles. The average Bonchev–Trinajstić information content (AvgIpc) is 3.24. The largest absolute Gasteiger partial charge is 0.480 e. The van der Waals surface area contributed by atoms with Crippen LogP contribution in [-0.2, 0) is 14.4 Å². The fourth-order valence-electron chi connectivity index (χ4n) is 4.66. The molecule has 0 saturated carbocycles. The van der Waals surface area contributed by atoms with Gasteiger partial charge in [-0.05, 0) is 37.1 Å². The van der Waals surface area contributed by atoms with Crippen molar-refractivity contribution in [3.8, 4) is 0 Å². The summed E-state index contributed by atoms with van der Waals surface area (Å²) >= 11 is 6.20. The Morgan fingerprint density at radius 1 is 1.19 bits per heavy atom. The molecule has 0 aliphatic carbocycles. The monoisotopic (exact) mass is 454 g/mol. The van der Waals surface area contributed by atoms with Crippen molar-refractivity contribution in [3.05, 3.63) is 70.8 Å². The van der Waals surface area contributed by atoms with E-state index >= 15 is 0 Å². The summed E-state index contributed by atoms with van der Waals surface area (Å²) in [6, 6.07) is 13.3. The molecule has 166 valence electrons. The number of anilines is 1. The first kappa shape index (κ1) is 22.2. The molecule has 5 unspecified atom stereocenters. The summed E-state index contributed by atoms with van der Waals surface area (Å²) in [4.78, 5) is 40.3. The molecule has 4 rings (SSSR count). The molecule has 2 aliphatic heterocycles. The highest BCUT2D eigenvalue weighted by atomic mass is 35.5. The van der Waals surface area contributed by atoms with Crippen molar-refractivity contribution in [2.24, 2.45) is 11.8 Å². The number of hydrogen-bond donors (Lipinski definition) is 3. The topological polar surface area (TPSA) is 107 Å². The van der Waals surface area contributed by atoms with Crippen molar-refractivity contribution in [3.63, 3.8) is 0 Å². The molecule has 0 radical (unpaired) electrons. The van der Waals surface area contributed by atoms with Crippen LogP contribution in [0.1, 0.15) is 18.1 Å². The van der Waals surface area contributed by atoms with Crippen LogP contribution in [0.3, 0.4) is 0 Å². The number of aliphatic hydroxyl groups is 1. The number of halogens is 1. The number of benzene rings is 2.